The number of hydrogen-bond acceptors (Lipinski definition) is 4. The molecule has 0 fully saturated rings. The molecule has 3 rings (SSSR count). The summed E-state index contributed by atoms with van der Waals surface area (Å²) in [6.45, 7) is 4.13. The van der Waals surface area contributed by atoms with Gasteiger partial charge < -0.3 is 5.73 Å². The van der Waals surface area contributed by atoms with Crippen molar-refractivity contribution in [3.8, 4) is 17.1 Å². The molecule has 0 saturated heterocycles. The van der Waals surface area contributed by atoms with Crippen molar-refractivity contribution >= 4 is 5.82 Å². The highest BCUT2D eigenvalue weighted by Crippen LogP contribution is 2.26. The molecule has 2 N–H and O–H groups in total. The van der Waals surface area contributed by atoms with Crippen molar-refractivity contribution in [1.29, 1.82) is 0 Å². The summed E-state index contributed by atoms with van der Waals surface area (Å²) in [6, 6.07) is 9.79. The second kappa shape index (κ2) is 5.05. The minimum atomic E-state index is 0.273. The highest BCUT2D eigenvalue weighted by atomic mass is 15.4. The SMILES string of the molecule is CC(C)c1nc(-c2cnn(-c3ccccc3)c2N)n(C)n1. The summed E-state index contributed by atoms with van der Waals surface area (Å²) >= 11 is 0. The molecular weight excluding hydrogens is 264 g/mol. The predicted molar refractivity (Wildman–Crippen MR) is 82.1 cm³/mol. The maximum atomic E-state index is 6.24. The Bertz CT molecular complexity index is 754. The zero-order valence-electron chi connectivity index (χ0n) is 12.4. The Morgan fingerprint density at radius 1 is 1.14 bits per heavy atom. The molecule has 6 heteroatoms. The van der Waals surface area contributed by atoms with E-state index in [1.807, 2.05) is 37.4 Å². The first-order chi connectivity index (χ1) is 10.1. The Morgan fingerprint density at radius 3 is 2.48 bits per heavy atom. The molecule has 0 spiro atoms. The lowest BCUT2D eigenvalue weighted by Crippen LogP contribution is -2.03. The van der Waals surface area contributed by atoms with Crippen LogP contribution in [0, 0.1) is 0 Å². The number of nitrogens with two attached hydrogens (primary N) is 1. The first-order valence-corrected chi connectivity index (χ1v) is 6.88. The molecule has 0 unspecified atom stereocenters. The Hall–Kier alpha value is -2.63. The van der Waals surface area contributed by atoms with Crippen LogP contribution in [-0.2, 0) is 7.05 Å². The Kier molecular flexibility index (Phi) is 3.21. The molecule has 0 aliphatic heterocycles. The molecule has 0 bridgehead atoms. The van der Waals surface area contributed by atoms with E-state index in [9.17, 15) is 0 Å². The third kappa shape index (κ3) is 2.29. The van der Waals surface area contributed by atoms with Crippen LogP contribution in [-0.4, -0.2) is 24.5 Å². The van der Waals surface area contributed by atoms with Gasteiger partial charge in [0.1, 0.15) is 5.82 Å². The second-order valence-corrected chi connectivity index (χ2v) is 5.26. The van der Waals surface area contributed by atoms with E-state index < -0.39 is 0 Å². The number of aromatic nitrogens is 5. The van der Waals surface area contributed by atoms with Gasteiger partial charge in [-0.2, -0.15) is 10.2 Å². The summed E-state index contributed by atoms with van der Waals surface area (Å²) in [7, 11) is 1.87. The van der Waals surface area contributed by atoms with Crippen molar-refractivity contribution in [3.63, 3.8) is 0 Å². The Morgan fingerprint density at radius 2 is 1.86 bits per heavy atom. The van der Waals surface area contributed by atoms with Crippen LogP contribution in [0.3, 0.4) is 0 Å². The van der Waals surface area contributed by atoms with E-state index in [1.165, 1.54) is 0 Å². The number of nitrogens with zero attached hydrogens (tertiary/aromatic N) is 5. The molecule has 6 nitrogen and oxygen atoms in total. The van der Waals surface area contributed by atoms with Crippen LogP contribution in [0.1, 0.15) is 25.6 Å². The van der Waals surface area contributed by atoms with Crippen LogP contribution in [0.4, 0.5) is 5.82 Å². The second-order valence-electron chi connectivity index (χ2n) is 5.26. The van der Waals surface area contributed by atoms with Crippen LogP contribution >= 0.6 is 0 Å². The standard InChI is InChI=1S/C15H18N6/c1-10(2)14-18-15(20(3)19-14)12-9-17-21(13(12)16)11-7-5-4-6-8-11/h4-10H,16H2,1-3H3. The van der Waals surface area contributed by atoms with Crippen molar-refractivity contribution in [3.05, 3.63) is 42.4 Å². The minimum Gasteiger partial charge on any atom is -0.383 e. The number of aryl methyl sites for hydroxylation is 1. The molecule has 21 heavy (non-hydrogen) atoms. The normalized spacial score (nSPS) is 11.2. The van der Waals surface area contributed by atoms with Crippen molar-refractivity contribution in [2.45, 2.75) is 19.8 Å². The predicted octanol–water partition coefficient (Wildman–Crippen LogP) is 2.37. The molecule has 0 aliphatic carbocycles. The van der Waals surface area contributed by atoms with Gasteiger partial charge in [-0.25, -0.2) is 14.3 Å². The first-order valence-electron chi connectivity index (χ1n) is 6.88. The van der Waals surface area contributed by atoms with Crippen molar-refractivity contribution in [2.24, 2.45) is 7.05 Å². The molecule has 0 saturated carbocycles. The summed E-state index contributed by atoms with van der Waals surface area (Å²) in [5.41, 5.74) is 7.96. The molecule has 0 amide bonds. The van der Waals surface area contributed by atoms with Gasteiger partial charge in [-0.15, -0.1) is 0 Å². The number of anilines is 1. The monoisotopic (exact) mass is 282 g/mol. The van der Waals surface area contributed by atoms with E-state index in [0.717, 1.165) is 22.9 Å². The summed E-state index contributed by atoms with van der Waals surface area (Å²) < 4.78 is 3.46. The van der Waals surface area contributed by atoms with Crippen LogP contribution in [0.5, 0.6) is 0 Å². The van der Waals surface area contributed by atoms with Crippen LogP contribution < -0.4 is 5.73 Å². The number of hydrogen-bond donors (Lipinski definition) is 1. The average Bonchev–Trinajstić information content (AvgIpc) is 3.03. The number of rotatable bonds is 3. The minimum absolute atomic E-state index is 0.273. The van der Waals surface area contributed by atoms with Gasteiger partial charge >= 0.3 is 0 Å². The van der Waals surface area contributed by atoms with Gasteiger partial charge in [0.25, 0.3) is 0 Å². The number of nitrogen functional groups attached to an aromatic ring is 1. The fourth-order valence-electron chi connectivity index (χ4n) is 2.19. The largest absolute Gasteiger partial charge is 0.383 e. The van der Waals surface area contributed by atoms with Gasteiger partial charge in [-0.05, 0) is 12.1 Å². The summed E-state index contributed by atoms with van der Waals surface area (Å²) in [5, 5.41) is 8.79. The van der Waals surface area contributed by atoms with Gasteiger partial charge in [0.15, 0.2) is 11.6 Å². The van der Waals surface area contributed by atoms with E-state index in [0.29, 0.717) is 5.82 Å². The van der Waals surface area contributed by atoms with Crippen LogP contribution in [0.15, 0.2) is 36.5 Å². The van der Waals surface area contributed by atoms with E-state index in [4.69, 9.17) is 5.73 Å². The van der Waals surface area contributed by atoms with E-state index in [-0.39, 0.29) is 5.92 Å². The van der Waals surface area contributed by atoms with Gasteiger partial charge in [-0.1, -0.05) is 32.0 Å². The Labute approximate surface area is 123 Å². The summed E-state index contributed by atoms with van der Waals surface area (Å²) in [4.78, 5) is 4.57. The molecular formula is C15H18N6. The fraction of sp³-hybridized carbons (Fsp3) is 0.267. The molecule has 1 aromatic carbocycles. The highest BCUT2D eigenvalue weighted by molar-refractivity contribution is 5.69. The van der Waals surface area contributed by atoms with Gasteiger partial charge in [0, 0.05) is 13.0 Å². The smallest absolute Gasteiger partial charge is 0.163 e. The van der Waals surface area contributed by atoms with E-state index >= 15 is 0 Å². The van der Waals surface area contributed by atoms with E-state index in [1.54, 1.807) is 15.6 Å². The van der Waals surface area contributed by atoms with Crippen molar-refractivity contribution in [1.82, 2.24) is 24.5 Å². The maximum absolute atomic E-state index is 6.24. The topological polar surface area (TPSA) is 74.6 Å². The molecule has 2 heterocycles. The third-order valence-electron chi connectivity index (χ3n) is 3.34. The highest BCUT2D eigenvalue weighted by Gasteiger charge is 2.18. The Balaban J connectivity index is 2.07. The fourth-order valence-corrected chi connectivity index (χ4v) is 2.19. The molecule has 3 aromatic rings. The van der Waals surface area contributed by atoms with Crippen LogP contribution in [0.2, 0.25) is 0 Å². The summed E-state index contributed by atoms with van der Waals surface area (Å²) in [5.74, 6) is 2.38. The van der Waals surface area contributed by atoms with Crippen molar-refractivity contribution < 1.29 is 0 Å². The first kappa shape index (κ1) is 13.4. The maximum Gasteiger partial charge on any atom is 0.163 e. The zero-order chi connectivity index (χ0) is 15.0. The molecule has 2 aromatic heterocycles. The molecule has 0 atom stereocenters. The lowest BCUT2D eigenvalue weighted by Gasteiger charge is -2.04. The zero-order valence-corrected chi connectivity index (χ0v) is 12.4. The van der Waals surface area contributed by atoms with E-state index in [2.05, 4.69) is 29.0 Å². The number of benzene rings is 1. The van der Waals surface area contributed by atoms with Gasteiger partial charge in [0.2, 0.25) is 0 Å². The van der Waals surface area contributed by atoms with Gasteiger partial charge in [0.05, 0.1) is 17.4 Å². The lowest BCUT2D eigenvalue weighted by molar-refractivity contribution is 0.712. The number of para-hydroxylation sites is 1. The van der Waals surface area contributed by atoms with Gasteiger partial charge in [-0.3, -0.25) is 0 Å². The summed E-state index contributed by atoms with van der Waals surface area (Å²) in [6.07, 6.45) is 1.73. The molecule has 108 valence electrons. The van der Waals surface area contributed by atoms with Crippen molar-refractivity contribution in [2.75, 3.05) is 5.73 Å². The average molecular weight is 282 g/mol. The quantitative estimate of drug-likeness (QED) is 0.800. The van der Waals surface area contributed by atoms with Crippen LogP contribution in [0.25, 0.3) is 17.1 Å². The molecule has 0 aliphatic rings. The lowest BCUT2D eigenvalue weighted by atomic mass is 10.2. The third-order valence-corrected chi connectivity index (χ3v) is 3.34. The molecule has 0 radical (unpaired) electrons.